The topological polar surface area (TPSA) is 26.8 Å². The van der Waals surface area contributed by atoms with E-state index in [0.717, 1.165) is 69.7 Å². The minimum Gasteiger partial charge on any atom is -0.336 e. The average Bonchev–Trinajstić information content (AvgIpc) is 2.93. The molecule has 1 unspecified atom stereocenters. The zero-order chi connectivity index (χ0) is 25.6. The first-order chi connectivity index (χ1) is 18.1. The summed E-state index contributed by atoms with van der Waals surface area (Å²) < 4.78 is 27.2. The van der Waals surface area contributed by atoms with E-state index in [1.165, 1.54) is 29.8 Å². The van der Waals surface area contributed by atoms with Crippen molar-refractivity contribution in [3.8, 4) is 0 Å². The number of hydrogen-bond acceptors (Lipinski definition) is 3. The van der Waals surface area contributed by atoms with Crippen LogP contribution in [0.4, 0.5) is 8.78 Å². The summed E-state index contributed by atoms with van der Waals surface area (Å²) in [6.45, 7) is 5.33. The summed E-state index contributed by atoms with van der Waals surface area (Å²) in [5.41, 5.74) is 3.26. The van der Waals surface area contributed by atoms with Gasteiger partial charge in [-0.2, -0.15) is 0 Å². The Bertz CT molecular complexity index is 1100. The number of hydrogen-bond donors (Lipinski definition) is 0. The highest BCUT2D eigenvalue weighted by Crippen LogP contribution is 2.32. The van der Waals surface area contributed by atoms with Crippen LogP contribution < -0.4 is 0 Å². The van der Waals surface area contributed by atoms with Crippen molar-refractivity contribution in [1.82, 2.24) is 14.7 Å². The fraction of sp³-hybridized carbons (Fsp3) is 0.387. The molecular formula is C31H35F2N3O. The second kappa shape index (κ2) is 12.0. The molecule has 194 valence electrons. The van der Waals surface area contributed by atoms with Gasteiger partial charge >= 0.3 is 0 Å². The van der Waals surface area contributed by atoms with Crippen LogP contribution in [0.5, 0.6) is 0 Å². The molecule has 4 nitrogen and oxygen atoms in total. The predicted molar refractivity (Wildman–Crippen MR) is 142 cm³/mol. The summed E-state index contributed by atoms with van der Waals surface area (Å²) in [6, 6.07) is 23.8. The maximum atomic E-state index is 13.6. The SMILES string of the molecule is O=C1CCCC(c2ccccc2)N1CCCN1CCN(C(c2ccc(F)cc2)c2ccc(F)cc2)CC1. The molecular weight excluding hydrogens is 468 g/mol. The normalized spacial score (nSPS) is 19.5. The molecule has 0 spiro atoms. The van der Waals surface area contributed by atoms with Crippen molar-refractivity contribution in [2.45, 2.75) is 37.8 Å². The Hall–Kier alpha value is -3.09. The molecule has 2 fully saturated rings. The van der Waals surface area contributed by atoms with Crippen molar-refractivity contribution < 1.29 is 13.6 Å². The zero-order valence-corrected chi connectivity index (χ0v) is 21.2. The highest BCUT2D eigenvalue weighted by molar-refractivity contribution is 5.77. The number of benzene rings is 3. The first kappa shape index (κ1) is 25.6. The van der Waals surface area contributed by atoms with E-state index in [2.05, 4.69) is 39.0 Å². The van der Waals surface area contributed by atoms with Gasteiger partial charge in [0, 0.05) is 39.1 Å². The van der Waals surface area contributed by atoms with Crippen LogP contribution in [0.25, 0.3) is 0 Å². The smallest absolute Gasteiger partial charge is 0.223 e. The van der Waals surface area contributed by atoms with Gasteiger partial charge in [-0.25, -0.2) is 8.78 Å². The lowest BCUT2D eigenvalue weighted by atomic mass is 9.94. The number of rotatable bonds is 8. The minimum absolute atomic E-state index is 0.0408. The number of amides is 1. The number of piperidine rings is 1. The van der Waals surface area contributed by atoms with E-state index in [1.807, 2.05) is 30.3 Å². The van der Waals surface area contributed by atoms with Crippen LogP contribution in [-0.4, -0.2) is 59.9 Å². The van der Waals surface area contributed by atoms with Crippen molar-refractivity contribution in [3.05, 3.63) is 107 Å². The Morgan fingerprint density at radius 2 is 1.35 bits per heavy atom. The van der Waals surface area contributed by atoms with E-state index >= 15 is 0 Å². The zero-order valence-electron chi connectivity index (χ0n) is 21.2. The van der Waals surface area contributed by atoms with Gasteiger partial charge in [-0.3, -0.25) is 9.69 Å². The first-order valence-electron chi connectivity index (χ1n) is 13.4. The van der Waals surface area contributed by atoms with E-state index in [-0.39, 0.29) is 29.6 Å². The van der Waals surface area contributed by atoms with Gasteiger partial charge in [-0.15, -0.1) is 0 Å². The van der Waals surface area contributed by atoms with E-state index in [4.69, 9.17) is 0 Å². The van der Waals surface area contributed by atoms with Gasteiger partial charge in [-0.05, 0) is 66.8 Å². The van der Waals surface area contributed by atoms with Crippen LogP contribution in [0.15, 0.2) is 78.9 Å². The molecule has 2 saturated heterocycles. The molecule has 3 aromatic carbocycles. The maximum Gasteiger partial charge on any atom is 0.223 e. The second-order valence-electron chi connectivity index (χ2n) is 10.1. The van der Waals surface area contributed by atoms with Crippen molar-refractivity contribution in [3.63, 3.8) is 0 Å². The summed E-state index contributed by atoms with van der Waals surface area (Å²) in [6.07, 6.45) is 3.59. The second-order valence-corrected chi connectivity index (χ2v) is 10.1. The summed E-state index contributed by atoms with van der Waals surface area (Å²) in [5, 5.41) is 0. The van der Waals surface area contributed by atoms with Crippen molar-refractivity contribution in [2.75, 3.05) is 39.3 Å². The number of piperazine rings is 1. The molecule has 6 heteroatoms. The lowest BCUT2D eigenvalue weighted by Crippen LogP contribution is -2.48. The van der Waals surface area contributed by atoms with E-state index in [0.29, 0.717) is 6.42 Å². The van der Waals surface area contributed by atoms with Gasteiger partial charge in [0.15, 0.2) is 0 Å². The van der Waals surface area contributed by atoms with Crippen LogP contribution in [-0.2, 0) is 4.79 Å². The number of nitrogens with zero attached hydrogens (tertiary/aromatic N) is 3. The molecule has 0 aliphatic carbocycles. The summed E-state index contributed by atoms with van der Waals surface area (Å²) in [7, 11) is 0. The fourth-order valence-corrected chi connectivity index (χ4v) is 5.84. The van der Waals surface area contributed by atoms with Gasteiger partial charge in [-0.1, -0.05) is 54.6 Å². The Labute approximate surface area is 218 Å². The lowest BCUT2D eigenvalue weighted by molar-refractivity contribution is -0.136. The van der Waals surface area contributed by atoms with Crippen molar-refractivity contribution in [1.29, 1.82) is 0 Å². The Kier molecular flexibility index (Phi) is 8.27. The Morgan fingerprint density at radius 3 is 1.95 bits per heavy atom. The third-order valence-electron chi connectivity index (χ3n) is 7.77. The standard InChI is InChI=1S/C31H35F2N3O/c32-27-14-10-25(11-15-27)31(26-12-16-28(33)17-13-26)35-22-20-34(21-23-35)18-5-19-36-29(8-4-9-30(36)37)24-6-2-1-3-7-24/h1-3,6-7,10-17,29,31H,4-5,8-9,18-23H2. The van der Waals surface area contributed by atoms with Gasteiger partial charge < -0.3 is 9.80 Å². The highest BCUT2D eigenvalue weighted by Gasteiger charge is 2.30. The molecule has 3 aromatic rings. The van der Waals surface area contributed by atoms with Crippen LogP contribution in [0.1, 0.15) is 54.5 Å². The summed E-state index contributed by atoms with van der Waals surface area (Å²) >= 11 is 0. The van der Waals surface area contributed by atoms with Crippen LogP contribution in [0, 0.1) is 11.6 Å². The molecule has 2 aliphatic heterocycles. The predicted octanol–water partition coefficient (Wildman–Crippen LogP) is 5.82. The van der Waals surface area contributed by atoms with E-state index in [1.54, 1.807) is 0 Å². The molecule has 0 radical (unpaired) electrons. The third kappa shape index (κ3) is 6.25. The summed E-state index contributed by atoms with van der Waals surface area (Å²) in [5.74, 6) is -0.243. The van der Waals surface area contributed by atoms with Gasteiger partial charge in [0.2, 0.25) is 5.91 Å². The molecule has 2 aliphatic rings. The van der Waals surface area contributed by atoms with Crippen molar-refractivity contribution >= 4 is 5.91 Å². The quantitative estimate of drug-likeness (QED) is 0.388. The molecule has 0 N–H and O–H groups in total. The van der Waals surface area contributed by atoms with Gasteiger partial charge in [0.1, 0.15) is 11.6 Å². The maximum absolute atomic E-state index is 13.6. The lowest BCUT2D eigenvalue weighted by Gasteiger charge is -2.40. The molecule has 5 rings (SSSR count). The van der Waals surface area contributed by atoms with E-state index < -0.39 is 0 Å². The van der Waals surface area contributed by atoms with Crippen LogP contribution >= 0.6 is 0 Å². The molecule has 1 atom stereocenters. The van der Waals surface area contributed by atoms with Crippen LogP contribution in [0.2, 0.25) is 0 Å². The molecule has 37 heavy (non-hydrogen) atoms. The monoisotopic (exact) mass is 503 g/mol. The average molecular weight is 504 g/mol. The largest absolute Gasteiger partial charge is 0.336 e. The first-order valence-corrected chi connectivity index (χ1v) is 13.4. The molecule has 0 bridgehead atoms. The Balaban J connectivity index is 1.18. The number of likely N-dealkylation sites (tertiary alicyclic amines) is 1. The Morgan fingerprint density at radius 1 is 0.757 bits per heavy atom. The third-order valence-corrected chi connectivity index (χ3v) is 7.77. The van der Waals surface area contributed by atoms with Crippen molar-refractivity contribution in [2.24, 2.45) is 0 Å². The molecule has 0 saturated carbocycles. The van der Waals surface area contributed by atoms with Gasteiger partial charge in [0.25, 0.3) is 0 Å². The van der Waals surface area contributed by atoms with Gasteiger partial charge in [0.05, 0.1) is 12.1 Å². The number of halogens is 2. The highest BCUT2D eigenvalue weighted by atomic mass is 19.1. The number of carbonyl (C=O) groups excluding carboxylic acids is 1. The van der Waals surface area contributed by atoms with Crippen LogP contribution in [0.3, 0.4) is 0 Å². The molecule has 0 aromatic heterocycles. The summed E-state index contributed by atoms with van der Waals surface area (Å²) in [4.78, 5) is 19.7. The van der Waals surface area contributed by atoms with E-state index in [9.17, 15) is 13.6 Å². The number of carbonyl (C=O) groups is 1. The molecule has 1 amide bonds. The minimum atomic E-state index is -0.256. The molecule has 2 heterocycles. The fourth-order valence-electron chi connectivity index (χ4n) is 5.84.